The Morgan fingerprint density at radius 2 is 2.31 bits per heavy atom. The minimum absolute atomic E-state index is 0.274. The van der Waals surface area contributed by atoms with Crippen molar-refractivity contribution in [3.05, 3.63) is 28.3 Å². The van der Waals surface area contributed by atoms with Crippen molar-refractivity contribution in [3.8, 4) is 5.75 Å². The Hall–Kier alpha value is -0.730. The lowest BCUT2D eigenvalue weighted by molar-refractivity contribution is 0.352. The van der Waals surface area contributed by atoms with Crippen molar-refractivity contribution in [3.63, 3.8) is 0 Å². The van der Waals surface area contributed by atoms with E-state index in [1.165, 1.54) is 11.1 Å². The van der Waals surface area contributed by atoms with Gasteiger partial charge >= 0.3 is 0 Å². The Morgan fingerprint density at radius 3 is 3.06 bits per heavy atom. The largest absolute Gasteiger partial charge is 0.493 e. The van der Waals surface area contributed by atoms with Crippen LogP contribution in [0.5, 0.6) is 5.75 Å². The van der Waals surface area contributed by atoms with Gasteiger partial charge in [0.05, 0.1) is 6.61 Å². The minimum Gasteiger partial charge on any atom is -0.493 e. The van der Waals surface area contributed by atoms with E-state index < -0.39 is 0 Å². The number of hydrogen-bond donors (Lipinski definition) is 1. The highest BCUT2D eigenvalue weighted by atomic mass is 35.5. The third-order valence-corrected chi connectivity index (χ3v) is 3.35. The maximum Gasteiger partial charge on any atom is 0.125 e. The molecule has 2 nitrogen and oxygen atoms in total. The predicted molar refractivity (Wildman–Crippen MR) is 67.2 cm³/mol. The zero-order chi connectivity index (χ0) is 11.5. The molecule has 0 spiro atoms. The van der Waals surface area contributed by atoms with E-state index in [4.69, 9.17) is 22.1 Å². The Bertz CT molecular complexity index is 378. The average Bonchev–Trinajstić information content (AvgIpc) is 2.73. The summed E-state index contributed by atoms with van der Waals surface area (Å²) in [7, 11) is 0. The number of rotatable bonds is 4. The molecule has 0 aliphatic carbocycles. The molecule has 0 fully saturated rings. The van der Waals surface area contributed by atoms with Gasteiger partial charge in [0.25, 0.3) is 0 Å². The summed E-state index contributed by atoms with van der Waals surface area (Å²) in [6, 6.07) is 4.29. The normalized spacial score (nSPS) is 15.7. The van der Waals surface area contributed by atoms with Gasteiger partial charge in [-0.1, -0.05) is 18.5 Å². The molecule has 3 heteroatoms. The summed E-state index contributed by atoms with van der Waals surface area (Å²) in [6.45, 7) is 2.89. The number of halogens is 1. The maximum atomic E-state index is 6.09. The van der Waals surface area contributed by atoms with E-state index >= 15 is 0 Å². The van der Waals surface area contributed by atoms with Crippen molar-refractivity contribution in [2.24, 2.45) is 5.73 Å². The van der Waals surface area contributed by atoms with Gasteiger partial charge < -0.3 is 10.5 Å². The zero-order valence-electron chi connectivity index (χ0n) is 9.63. The van der Waals surface area contributed by atoms with Crippen molar-refractivity contribution in [2.45, 2.75) is 38.6 Å². The first-order chi connectivity index (χ1) is 7.70. The van der Waals surface area contributed by atoms with Crippen LogP contribution in [-0.4, -0.2) is 12.6 Å². The molecular formula is C13H18ClNO. The highest BCUT2D eigenvalue weighted by Gasteiger charge is 2.17. The van der Waals surface area contributed by atoms with E-state index in [1.807, 2.05) is 12.1 Å². The van der Waals surface area contributed by atoms with Crippen molar-refractivity contribution >= 4 is 11.6 Å². The number of nitrogens with two attached hydrogens (primary N) is 1. The van der Waals surface area contributed by atoms with Crippen LogP contribution < -0.4 is 10.5 Å². The van der Waals surface area contributed by atoms with Crippen molar-refractivity contribution < 1.29 is 4.74 Å². The molecule has 16 heavy (non-hydrogen) atoms. The quantitative estimate of drug-likeness (QED) is 0.877. The van der Waals surface area contributed by atoms with Gasteiger partial charge in [-0.2, -0.15) is 0 Å². The van der Waals surface area contributed by atoms with E-state index in [9.17, 15) is 0 Å². The Labute approximate surface area is 102 Å². The highest BCUT2D eigenvalue weighted by molar-refractivity contribution is 6.30. The van der Waals surface area contributed by atoms with Gasteiger partial charge in [0.15, 0.2) is 0 Å². The van der Waals surface area contributed by atoms with Gasteiger partial charge in [0.1, 0.15) is 5.75 Å². The number of hydrogen-bond acceptors (Lipinski definition) is 2. The maximum absolute atomic E-state index is 6.09. The first-order valence-corrected chi connectivity index (χ1v) is 6.28. The molecule has 0 saturated heterocycles. The lowest BCUT2D eigenvalue weighted by Gasteiger charge is -2.11. The summed E-state index contributed by atoms with van der Waals surface area (Å²) < 4.78 is 5.65. The number of benzene rings is 1. The number of fused-ring (bicyclic) bond motifs is 1. The van der Waals surface area contributed by atoms with Crippen LogP contribution in [0.1, 0.15) is 30.9 Å². The fourth-order valence-corrected chi connectivity index (χ4v) is 2.34. The van der Waals surface area contributed by atoms with Crippen LogP contribution in [0.15, 0.2) is 12.1 Å². The molecular weight excluding hydrogens is 222 g/mol. The molecule has 1 aromatic carbocycles. The van der Waals surface area contributed by atoms with E-state index in [-0.39, 0.29) is 6.04 Å². The summed E-state index contributed by atoms with van der Waals surface area (Å²) in [5.41, 5.74) is 8.39. The summed E-state index contributed by atoms with van der Waals surface area (Å²) in [6.07, 6.45) is 3.94. The molecule has 0 radical (unpaired) electrons. The molecule has 88 valence electrons. The molecule has 1 heterocycles. The van der Waals surface area contributed by atoms with Gasteiger partial charge in [0, 0.05) is 17.5 Å². The second-order valence-electron chi connectivity index (χ2n) is 4.36. The van der Waals surface area contributed by atoms with E-state index in [0.717, 1.165) is 43.1 Å². The first-order valence-electron chi connectivity index (χ1n) is 5.90. The van der Waals surface area contributed by atoms with Crippen LogP contribution >= 0.6 is 11.6 Å². The molecule has 1 aromatic rings. The van der Waals surface area contributed by atoms with Gasteiger partial charge in [-0.05, 0) is 42.5 Å². The summed E-state index contributed by atoms with van der Waals surface area (Å²) in [4.78, 5) is 0. The smallest absolute Gasteiger partial charge is 0.125 e. The fourth-order valence-electron chi connectivity index (χ4n) is 2.08. The Balaban J connectivity index is 2.14. The SMILES string of the molecule is CCC(N)CCc1cc(Cl)cc2c1OCC2. The molecule has 0 amide bonds. The summed E-state index contributed by atoms with van der Waals surface area (Å²) >= 11 is 6.09. The third kappa shape index (κ3) is 2.50. The standard InChI is InChI=1S/C13H18ClNO/c1-2-12(15)4-3-9-7-11(14)8-10-5-6-16-13(9)10/h7-8,12H,2-6,15H2,1H3. The Morgan fingerprint density at radius 1 is 1.50 bits per heavy atom. The van der Waals surface area contributed by atoms with Crippen LogP contribution in [0, 0.1) is 0 Å². The van der Waals surface area contributed by atoms with Gasteiger partial charge in [-0.25, -0.2) is 0 Å². The first kappa shape index (κ1) is 11.7. The van der Waals surface area contributed by atoms with Crippen LogP contribution in [0.25, 0.3) is 0 Å². The highest BCUT2D eigenvalue weighted by Crippen LogP contribution is 2.33. The second kappa shape index (κ2) is 5.07. The van der Waals surface area contributed by atoms with Crippen molar-refractivity contribution in [2.75, 3.05) is 6.61 Å². The van der Waals surface area contributed by atoms with Crippen molar-refractivity contribution in [1.82, 2.24) is 0 Å². The fraction of sp³-hybridized carbons (Fsp3) is 0.538. The molecule has 2 N–H and O–H groups in total. The molecule has 1 unspecified atom stereocenters. The monoisotopic (exact) mass is 239 g/mol. The minimum atomic E-state index is 0.274. The lowest BCUT2D eigenvalue weighted by Crippen LogP contribution is -2.19. The van der Waals surface area contributed by atoms with E-state index in [0.29, 0.717) is 0 Å². The molecule has 1 aliphatic rings. The number of ether oxygens (including phenoxy) is 1. The zero-order valence-corrected chi connectivity index (χ0v) is 10.4. The van der Waals surface area contributed by atoms with Crippen LogP contribution in [0.3, 0.4) is 0 Å². The van der Waals surface area contributed by atoms with Gasteiger partial charge in [0.2, 0.25) is 0 Å². The van der Waals surface area contributed by atoms with Crippen LogP contribution in [0.2, 0.25) is 5.02 Å². The number of aryl methyl sites for hydroxylation is 1. The topological polar surface area (TPSA) is 35.2 Å². The third-order valence-electron chi connectivity index (χ3n) is 3.13. The molecule has 0 saturated carbocycles. The van der Waals surface area contributed by atoms with Gasteiger partial charge in [-0.15, -0.1) is 0 Å². The Kier molecular flexibility index (Phi) is 3.72. The summed E-state index contributed by atoms with van der Waals surface area (Å²) in [5.74, 6) is 1.05. The molecule has 1 atom stereocenters. The van der Waals surface area contributed by atoms with Crippen LogP contribution in [-0.2, 0) is 12.8 Å². The van der Waals surface area contributed by atoms with Gasteiger partial charge in [-0.3, -0.25) is 0 Å². The molecule has 0 bridgehead atoms. The molecule has 2 rings (SSSR count). The van der Waals surface area contributed by atoms with E-state index in [1.54, 1.807) is 0 Å². The van der Waals surface area contributed by atoms with Crippen LogP contribution in [0.4, 0.5) is 0 Å². The van der Waals surface area contributed by atoms with E-state index in [2.05, 4.69) is 6.92 Å². The molecule has 0 aromatic heterocycles. The predicted octanol–water partition coefficient (Wildman–Crippen LogP) is 2.94. The molecule has 1 aliphatic heterocycles. The average molecular weight is 240 g/mol. The summed E-state index contributed by atoms with van der Waals surface area (Å²) in [5, 5.41) is 0.810. The lowest BCUT2D eigenvalue weighted by atomic mass is 10.0. The second-order valence-corrected chi connectivity index (χ2v) is 4.80. The van der Waals surface area contributed by atoms with Crippen molar-refractivity contribution in [1.29, 1.82) is 0 Å².